The summed E-state index contributed by atoms with van der Waals surface area (Å²) in [5, 5.41) is 0. The van der Waals surface area contributed by atoms with Gasteiger partial charge in [0.25, 0.3) is 0 Å². The van der Waals surface area contributed by atoms with E-state index in [9.17, 15) is 9.18 Å². The fourth-order valence-corrected chi connectivity index (χ4v) is 4.00. The maximum atomic E-state index is 13.2. The zero-order valence-corrected chi connectivity index (χ0v) is 13.2. The van der Waals surface area contributed by atoms with Crippen LogP contribution in [0.2, 0.25) is 0 Å². The zero-order valence-electron chi connectivity index (χ0n) is 13.2. The van der Waals surface area contributed by atoms with Crippen molar-refractivity contribution in [3.63, 3.8) is 0 Å². The van der Waals surface area contributed by atoms with Gasteiger partial charge in [0, 0.05) is 25.0 Å². The van der Waals surface area contributed by atoms with Gasteiger partial charge in [-0.2, -0.15) is 0 Å². The van der Waals surface area contributed by atoms with Crippen LogP contribution in [0, 0.1) is 23.6 Å². The standard InChI is InChI=1S/C18H25FN2O/c1-12(5-6-13-3-2-4-15(19)9-13)18(22)21-10-14-7-8-17(20)16(14)11-21/h2-4,9,12,14,16-17H,5-8,10-11,20H2,1H3. The van der Waals surface area contributed by atoms with E-state index >= 15 is 0 Å². The third kappa shape index (κ3) is 3.17. The molecule has 0 aromatic heterocycles. The highest BCUT2D eigenvalue weighted by Crippen LogP contribution is 2.37. The van der Waals surface area contributed by atoms with Crippen molar-refractivity contribution in [2.24, 2.45) is 23.5 Å². The van der Waals surface area contributed by atoms with E-state index in [4.69, 9.17) is 5.73 Å². The maximum absolute atomic E-state index is 13.2. The lowest BCUT2D eigenvalue weighted by molar-refractivity contribution is -0.134. The summed E-state index contributed by atoms with van der Waals surface area (Å²) in [4.78, 5) is 14.6. The molecule has 120 valence electrons. The Morgan fingerprint density at radius 1 is 1.41 bits per heavy atom. The van der Waals surface area contributed by atoms with Crippen LogP contribution >= 0.6 is 0 Å². The number of rotatable bonds is 4. The summed E-state index contributed by atoms with van der Waals surface area (Å²) in [6.45, 7) is 3.69. The Morgan fingerprint density at radius 3 is 2.95 bits per heavy atom. The Balaban J connectivity index is 1.52. The Bertz CT molecular complexity index is 548. The van der Waals surface area contributed by atoms with Crippen LogP contribution in [0.4, 0.5) is 4.39 Å². The second-order valence-electron chi connectivity index (χ2n) is 6.98. The molecule has 1 saturated heterocycles. The number of carbonyl (C=O) groups is 1. The van der Waals surface area contributed by atoms with E-state index in [-0.39, 0.29) is 23.7 Å². The van der Waals surface area contributed by atoms with Crippen LogP contribution in [0.1, 0.15) is 31.7 Å². The third-order valence-corrected chi connectivity index (χ3v) is 5.40. The highest BCUT2D eigenvalue weighted by molar-refractivity contribution is 5.78. The van der Waals surface area contributed by atoms with Gasteiger partial charge in [0.2, 0.25) is 5.91 Å². The molecule has 0 spiro atoms. The molecule has 4 unspecified atom stereocenters. The second kappa shape index (κ2) is 6.37. The van der Waals surface area contributed by atoms with Crippen molar-refractivity contribution in [2.45, 2.75) is 38.6 Å². The fourth-order valence-electron chi connectivity index (χ4n) is 4.00. The second-order valence-corrected chi connectivity index (χ2v) is 6.98. The van der Waals surface area contributed by atoms with E-state index in [1.165, 1.54) is 6.07 Å². The Hall–Kier alpha value is -1.42. The maximum Gasteiger partial charge on any atom is 0.225 e. The first kappa shape index (κ1) is 15.5. The molecule has 1 saturated carbocycles. The number of likely N-dealkylation sites (tertiary alicyclic amines) is 1. The van der Waals surface area contributed by atoms with Crippen molar-refractivity contribution in [1.29, 1.82) is 0 Å². The van der Waals surface area contributed by atoms with Gasteiger partial charge in [-0.3, -0.25) is 4.79 Å². The molecule has 2 N–H and O–H groups in total. The molecule has 1 aromatic carbocycles. The van der Waals surface area contributed by atoms with E-state index in [1.54, 1.807) is 12.1 Å². The van der Waals surface area contributed by atoms with Crippen molar-refractivity contribution < 1.29 is 9.18 Å². The summed E-state index contributed by atoms with van der Waals surface area (Å²) < 4.78 is 13.2. The normalized spacial score (nSPS) is 28.7. The Kier molecular flexibility index (Phi) is 4.48. The van der Waals surface area contributed by atoms with Gasteiger partial charge in [-0.15, -0.1) is 0 Å². The molecular weight excluding hydrogens is 279 g/mol. The minimum Gasteiger partial charge on any atom is -0.342 e. The van der Waals surface area contributed by atoms with Crippen molar-refractivity contribution in [1.82, 2.24) is 4.90 Å². The highest BCUT2D eigenvalue weighted by atomic mass is 19.1. The number of aryl methyl sites for hydroxylation is 1. The molecule has 1 aliphatic heterocycles. The number of nitrogens with zero attached hydrogens (tertiary/aromatic N) is 1. The number of carbonyl (C=O) groups excluding carboxylic acids is 1. The topological polar surface area (TPSA) is 46.3 Å². The van der Waals surface area contributed by atoms with Crippen LogP contribution in [0.15, 0.2) is 24.3 Å². The van der Waals surface area contributed by atoms with Gasteiger partial charge in [0.1, 0.15) is 5.82 Å². The Labute approximate surface area is 131 Å². The largest absolute Gasteiger partial charge is 0.342 e. The van der Waals surface area contributed by atoms with Crippen LogP contribution in [0.25, 0.3) is 0 Å². The van der Waals surface area contributed by atoms with Crippen molar-refractivity contribution in [3.05, 3.63) is 35.6 Å². The predicted molar refractivity (Wildman–Crippen MR) is 84.7 cm³/mol. The molecule has 2 aliphatic rings. The molecule has 22 heavy (non-hydrogen) atoms. The molecular formula is C18H25FN2O. The molecule has 0 radical (unpaired) electrons. The monoisotopic (exact) mass is 304 g/mol. The summed E-state index contributed by atoms with van der Waals surface area (Å²) >= 11 is 0. The molecule has 4 heteroatoms. The predicted octanol–water partition coefficient (Wildman–Crippen LogP) is 2.59. The van der Waals surface area contributed by atoms with Gasteiger partial charge in [-0.05, 0) is 55.2 Å². The molecule has 1 heterocycles. The first-order valence-electron chi connectivity index (χ1n) is 8.33. The smallest absolute Gasteiger partial charge is 0.225 e. The number of hydrogen-bond acceptors (Lipinski definition) is 2. The minimum absolute atomic E-state index is 0.0154. The van der Waals surface area contributed by atoms with Gasteiger partial charge >= 0.3 is 0 Å². The summed E-state index contributed by atoms with van der Waals surface area (Å²) in [7, 11) is 0. The van der Waals surface area contributed by atoms with Crippen molar-refractivity contribution in [2.75, 3.05) is 13.1 Å². The lowest BCUT2D eigenvalue weighted by Gasteiger charge is -2.22. The van der Waals surface area contributed by atoms with E-state index in [0.717, 1.165) is 44.3 Å². The summed E-state index contributed by atoms with van der Waals surface area (Å²) in [6.07, 6.45) is 3.77. The lowest BCUT2D eigenvalue weighted by Crippen LogP contribution is -2.36. The van der Waals surface area contributed by atoms with Gasteiger partial charge in [-0.25, -0.2) is 4.39 Å². The van der Waals surface area contributed by atoms with Crippen LogP contribution in [0.5, 0.6) is 0 Å². The van der Waals surface area contributed by atoms with E-state index in [1.807, 2.05) is 17.9 Å². The number of fused-ring (bicyclic) bond motifs is 1. The molecule has 3 rings (SSSR count). The van der Waals surface area contributed by atoms with Gasteiger partial charge < -0.3 is 10.6 Å². The molecule has 3 nitrogen and oxygen atoms in total. The lowest BCUT2D eigenvalue weighted by atomic mass is 9.98. The van der Waals surface area contributed by atoms with Crippen LogP contribution < -0.4 is 5.73 Å². The number of nitrogens with two attached hydrogens (primary N) is 1. The fraction of sp³-hybridized carbons (Fsp3) is 0.611. The molecule has 2 fully saturated rings. The first-order valence-corrected chi connectivity index (χ1v) is 8.33. The Morgan fingerprint density at radius 2 is 2.23 bits per heavy atom. The molecule has 1 aromatic rings. The number of amides is 1. The summed E-state index contributed by atoms with van der Waals surface area (Å²) in [6, 6.07) is 6.91. The molecule has 4 atom stereocenters. The van der Waals surface area contributed by atoms with Gasteiger partial charge in [0.05, 0.1) is 0 Å². The SMILES string of the molecule is CC(CCc1cccc(F)c1)C(=O)N1CC2CCC(N)C2C1. The van der Waals surface area contributed by atoms with Gasteiger partial charge in [-0.1, -0.05) is 19.1 Å². The highest BCUT2D eigenvalue weighted by Gasteiger charge is 2.42. The zero-order chi connectivity index (χ0) is 15.7. The van der Waals surface area contributed by atoms with Crippen molar-refractivity contribution in [3.8, 4) is 0 Å². The quantitative estimate of drug-likeness (QED) is 0.929. The average molecular weight is 304 g/mol. The summed E-state index contributed by atoms with van der Waals surface area (Å²) in [5.41, 5.74) is 7.09. The van der Waals surface area contributed by atoms with E-state index < -0.39 is 0 Å². The van der Waals surface area contributed by atoms with E-state index in [2.05, 4.69) is 0 Å². The first-order chi connectivity index (χ1) is 10.5. The number of hydrogen-bond donors (Lipinski definition) is 1. The van der Waals surface area contributed by atoms with Crippen molar-refractivity contribution >= 4 is 5.91 Å². The van der Waals surface area contributed by atoms with Crippen LogP contribution in [-0.2, 0) is 11.2 Å². The number of benzene rings is 1. The molecule has 0 bridgehead atoms. The molecule has 1 aliphatic carbocycles. The summed E-state index contributed by atoms with van der Waals surface area (Å²) in [5.74, 6) is 1.11. The molecule has 1 amide bonds. The van der Waals surface area contributed by atoms with Crippen LogP contribution in [0.3, 0.4) is 0 Å². The average Bonchev–Trinajstić information content (AvgIpc) is 3.07. The number of halogens is 1. The van der Waals surface area contributed by atoms with Crippen LogP contribution in [-0.4, -0.2) is 29.9 Å². The third-order valence-electron chi connectivity index (χ3n) is 5.40. The minimum atomic E-state index is -0.210. The van der Waals surface area contributed by atoms with Gasteiger partial charge in [0.15, 0.2) is 0 Å². The van der Waals surface area contributed by atoms with E-state index in [0.29, 0.717) is 11.8 Å².